The van der Waals surface area contributed by atoms with Gasteiger partial charge in [0.2, 0.25) is 0 Å². The van der Waals surface area contributed by atoms with Crippen molar-refractivity contribution in [3.63, 3.8) is 0 Å². The molecule has 0 aliphatic carbocycles. The van der Waals surface area contributed by atoms with E-state index < -0.39 is 0 Å². The Hall–Kier alpha value is -2.27. The van der Waals surface area contributed by atoms with Crippen molar-refractivity contribution in [1.29, 1.82) is 0 Å². The number of hydrogen-bond donors (Lipinski definition) is 1. The molecule has 0 saturated heterocycles. The molecule has 0 bridgehead atoms. The summed E-state index contributed by atoms with van der Waals surface area (Å²) in [6.07, 6.45) is 1.85. The lowest BCUT2D eigenvalue weighted by molar-refractivity contribution is 0.0960. The van der Waals surface area contributed by atoms with Crippen molar-refractivity contribution >= 4 is 28.6 Å². The van der Waals surface area contributed by atoms with Crippen LogP contribution < -0.4 is 5.32 Å². The van der Waals surface area contributed by atoms with Gasteiger partial charge in [0.15, 0.2) is 0 Å². The van der Waals surface area contributed by atoms with E-state index in [1.807, 2.05) is 48.3 Å². The van der Waals surface area contributed by atoms with Gasteiger partial charge >= 0.3 is 0 Å². The first-order chi connectivity index (χ1) is 10.2. The normalized spacial score (nSPS) is 10.8. The second-order valence-corrected chi connectivity index (χ2v) is 5.78. The standard InChI is InChI=1S/C16H15N3OS/c1-17-16(20)13-5-3-4-6-15(13)21-12-8-7-11-10-18-19(2)14(11)9-12/h3-10H,1-2H3,(H,17,20). The fourth-order valence-electron chi connectivity index (χ4n) is 2.19. The maximum Gasteiger partial charge on any atom is 0.252 e. The lowest BCUT2D eigenvalue weighted by Crippen LogP contribution is -2.18. The van der Waals surface area contributed by atoms with Crippen LogP contribution in [0.15, 0.2) is 58.5 Å². The molecule has 0 unspecified atom stereocenters. The van der Waals surface area contributed by atoms with E-state index in [4.69, 9.17) is 0 Å². The van der Waals surface area contributed by atoms with Gasteiger partial charge in [-0.3, -0.25) is 9.48 Å². The molecule has 106 valence electrons. The fraction of sp³-hybridized carbons (Fsp3) is 0.125. The smallest absolute Gasteiger partial charge is 0.252 e. The van der Waals surface area contributed by atoms with Gasteiger partial charge in [-0.25, -0.2) is 0 Å². The van der Waals surface area contributed by atoms with Crippen LogP contribution in [0.25, 0.3) is 10.9 Å². The molecule has 2 aromatic carbocycles. The average molecular weight is 297 g/mol. The summed E-state index contributed by atoms with van der Waals surface area (Å²) in [4.78, 5) is 13.9. The van der Waals surface area contributed by atoms with Crippen molar-refractivity contribution in [2.24, 2.45) is 7.05 Å². The zero-order valence-electron chi connectivity index (χ0n) is 11.8. The lowest BCUT2D eigenvalue weighted by atomic mass is 10.2. The Morgan fingerprint density at radius 1 is 1.24 bits per heavy atom. The molecule has 0 saturated carbocycles. The van der Waals surface area contributed by atoms with Gasteiger partial charge in [-0.05, 0) is 24.3 Å². The first kappa shape index (κ1) is 13.7. The van der Waals surface area contributed by atoms with Crippen LogP contribution in [0.1, 0.15) is 10.4 Å². The third-order valence-electron chi connectivity index (χ3n) is 3.31. The zero-order valence-corrected chi connectivity index (χ0v) is 12.6. The van der Waals surface area contributed by atoms with Crippen LogP contribution in [0.4, 0.5) is 0 Å². The van der Waals surface area contributed by atoms with Crippen molar-refractivity contribution in [1.82, 2.24) is 15.1 Å². The number of fused-ring (bicyclic) bond motifs is 1. The van der Waals surface area contributed by atoms with E-state index in [1.165, 1.54) is 0 Å². The van der Waals surface area contributed by atoms with Crippen LogP contribution in [0.5, 0.6) is 0 Å². The molecule has 0 aliphatic rings. The van der Waals surface area contributed by atoms with Crippen molar-refractivity contribution in [3.8, 4) is 0 Å². The maximum atomic E-state index is 11.9. The zero-order chi connectivity index (χ0) is 14.8. The van der Waals surface area contributed by atoms with Crippen molar-refractivity contribution in [2.45, 2.75) is 9.79 Å². The topological polar surface area (TPSA) is 46.9 Å². The molecule has 4 nitrogen and oxygen atoms in total. The highest BCUT2D eigenvalue weighted by Gasteiger charge is 2.11. The molecule has 1 N–H and O–H groups in total. The Morgan fingerprint density at radius 2 is 2.05 bits per heavy atom. The van der Waals surface area contributed by atoms with Crippen LogP contribution in [-0.2, 0) is 7.05 Å². The van der Waals surface area contributed by atoms with Gasteiger partial charge < -0.3 is 5.32 Å². The van der Waals surface area contributed by atoms with E-state index in [9.17, 15) is 4.79 Å². The summed E-state index contributed by atoms with van der Waals surface area (Å²) in [6.45, 7) is 0. The Kier molecular flexibility index (Phi) is 3.66. The van der Waals surface area contributed by atoms with Gasteiger partial charge in [-0.15, -0.1) is 0 Å². The third-order valence-corrected chi connectivity index (χ3v) is 4.37. The molecular formula is C16H15N3OS. The Morgan fingerprint density at radius 3 is 2.86 bits per heavy atom. The summed E-state index contributed by atoms with van der Waals surface area (Å²) in [6, 6.07) is 13.8. The van der Waals surface area contributed by atoms with E-state index >= 15 is 0 Å². The molecule has 5 heteroatoms. The van der Waals surface area contributed by atoms with Gasteiger partial charge in [0.25, 0.3) is 5.91 Å². The molecular weight excluding hydrogens is 282 g/mol. The van der Waals surface area contributed by atoms with Crippen LogP contribution >= 0.6 is 11.8 Å². The third kappa shape index (κ3) is 2.64. The van der Waals surface area contributed by atoms with Crippen LogP contribution in [0.2, 0.25) is 0 Å². The van der Waals surface area contributed by atoms with Crippen LogP contribution in [0.3, 0.4) is 0 Å². The number of amides is 1. The highest BCUT2D eigenvalue weighted by Crippen LogP contribution is 2.32. The molecule has 0 aliphatic heterocycles. The van der Waals surface area contributed by atoms with Gasteiger partial charge in [0.1, 0.15) is 0 Å². The van der Waals surface area contributed by atoms with E-state index in [1.54, 1.807) is 18.8 Å². The largest absolute Gasteiger partial charge is 0.355 e. The molecule has 0 fully saturated rings. The number of benzene rings is 2. The predicted molar refractivity (Wildman–Crippen MR) is 84.7 cm³/mol. The number of carbonyl (C=O) groups excluding carboxylic acids is 1. The minimum atomic E-state index is -0.0697. The highest BCUT2D eigenvalue weighted by molar-refractivity contribution is 7.99. The van der Waals surface area contributed by atoms with Crippen LogP contribution in [0, 0.1) is 0 Å². The number of carbonyl (C=O) groups is 1. The monoisotopic (exact) mass is 297 g/mol. The van der Waals surface area contributed by atoms with E-state index in [-0.39, 0.29) is 5.91 Å². The average Bonchev–Trinajstić information content (AvgIpc) is 2.88. The van der Waals surface area contributed by atoms with Crippen LogP contribution in [-0.4, -0.2) is 22.7 Å². The number of rotatable bonds is 3. The van der Waals surface area contributed by atoms with Gasteiger partial charge in [-0.1, -0.05) is 30.0 Å². The summed E-state index contributed by atoms with van der Waals surface area (Å²) in [5.41, 5.74) is 1.77. The summed E-state index contributed by atoms with van der Waals surface area (Å²) >= 11 is 1.58. The van der Waals surface area contributed by atoms with E-state index in [0.29, 0.717) is 5.56 Å². The summed E-state index contributed by atoms with van der Waals surface area (Å²) in [7, 11) is 3.57. The molecule has 1 heterocycles. The molecule has 21 heavy (non-hydrogen) atoms. The van der Waals surface area contributed by atoms with Gasteiger partial charge in [0.05, 0.1) is 17.3 Å². The second kappa shape index (κ2) is 5.61. The summed E-state index contributed by atoms with van der Waals surface area (Å²) < 4.78 is 1.85. The lowest BCUT2D eigenvalue weighted by Gasteiger charge is -2.08. The fourth-order valence-corrected chi connectivity index (χ4v) is 3.17. The molecule has 0 spiro atoms. The Labute approximate surface area is 127 Å². The van der Waals surface area contributed by atoms with Gasteiger partial charge in [0, 0.05) is 29.3 Å². The van der Waals surface area contributed by atoms with E-state index in [0.717, 1.165) is 20.7 Å². The Balaban J connectivity index is 1.98. The minimum Gasteiger partial charge on any atom is -0.355 e. The van der Waals surface area contributed by atoms with E-state index in [2.05, 4.69) is 22.5 Å². The molecule has 0 atom stereocenters. The highest BCUT2D eigenvalue weighted by atomic mass is 32.2. The predicted octanol–water partition coefficient (Wildman–Crippen LogP) is 3.08. The quantitative estimate of drug-likeness (QED) is 0.808. The van der Waals surface area contributed by atoms with Crippen molar-refractivity contribution in [3.05, 3.63) is 54.2 Å². The SMILES string of the molecule is CNC(=O)c1ccccc1Sc1ccc2cnn(C)c2c1. The minimum absolute atomic E-state index is 0.0697. The first-order valence-electron chi connectivity index (χ1n) is 6.60. The molecule has 3 rings (SSSR count). The summed E-state index contributed by atoms with van der Waals surface area (Å²) in [5.74, 6) is -0.0697. The number of aromatic nitrogens is 2. The number of nitrogens with one attached hydrogen (secondary N) is 1. The second-order valence-electron chi connectivity index (χ2n) is 4.67. The number of aryl methyl sites for hydroxylation is 1. The Bertz CT molecular complexity index is 810. The summed E-state index contributed by atoms with van der Waals surface area (Å²) in [5, 5.41) is 8.03. The first-order valence-corrected chi connectivity index (χ1v) is 7.41. The molecule has 3 aromatic rings. The van der Waals surface area contributed by atoms with Crippen molar-refractivity contribution in [2.75, 3.05) is 7.05 Å². The number of hydrogen-bond acceptors (Lipinski definition) is 3. The molecule has 1 amide bonds. The molecule has 1 aromatic heterocycles. The molecule has 0 radical (unpaired) electrons. The number of nitrogens with zero attached hydrogens (tertiary/aromatic N) is 2. The van der Waals surface area contributed by atoms with Gasteiger partial charge in [-0.2, -0.15) is 5.10 Å². The maximum absolute atomic E-state index is 11.9. The van der Waals surface area contributed by atoms with Crippen molar-refractivity contribution < 1.29 is 4.79 Å².